The van der Waals surface area contributed by atoms with E-state index in [1.807, 2.05) is 0 Å². The summed E-state index contributed by atoms with van der Waals surface area (Å²) in [6, 6.07) is 4.55. The molecule has 1 heterocycles. The van der Waals surface area contributed by atoms with E-state index >= 15 is 0 Å². The van der Waals surface area contributed by atoms with Gasteiger partial charge in [-0.15, -0.1) is 0 Å². The van der Waals surface area contributed by atoms with E-state index in [9.17, 15) is 9.18 Å². The van der Waals surface area contributed by atoms with Crippen molar-refractivity contribution in [3.8, 4) is 0 Å². The first-order valence-corrected chi connectivity index (χ1v) is 6.32. The molecule has 4 nitrogen and oxygen atoms in total. The van der Waals surface area contributed by atoms with Crippen molar-refractivity contribution in [3.63, 3.8) is 0 Å². The lowest BCUT2D eigenvalue weighted by atomic mass is 10.0. The van der Waals surface area contributed by atoms with Crippen molar-refractivity contribution in [1.29, 1.82) is 0 Å². The molecule has 0 saturated carbocycles. The highest BCUT2D eigenvalue weighted by molar-refractivity contribution is 6.30. The molecule has 19 heavy (non-hydrogen) atoms. The van der Waals surface area contributed by atoms with Gasteiger partial charge in [0.05, 0.1) is 24.2 Å². The fourth-order valence-corrected chi connectivity index (χ4v) is 2.46. The maximum atomic E-state index is 13.8. The van der Waals surface area contributed by atoms with E-state index in [-0.39, 0.29) is 17.7 Å². The molecule has 0 aliphatic carbocycles. The molecule has 2 atom stereocenters. The summed E-state index contributed by atoms with van der Waals surface area (Å²) < 4.78 is 19.0. The van der Waals surface area contributed by atoms with Gasteiger partial charge in [-0.25, -0.2) is 4.39 Å². The molecule has 1 aromatic rings. The van der Waals surface area contributed by atoms with Crippen LogP contribution in [0.2, 0.25) is 5.02 Å². The molecule has 1 aliphatic rings. The first-order valence-electron chi connectivity index (χ1n) is 5.94. The van der Waals surface area contributed by atoms with Crippen LogP contribution in [-0.2, 0) is 16.1 Å². The second-order valence-electron chi connectivity index (χ2n) is 4.68. The molecular formula is C13H15ClFNO3. The number of carboxylic acid groups (broad SMARTS) is 1. The van der Waals surface area contributed by atoms with Gasteiger partial charge in [0, 0.05) is 18.2 Å². The van der Waals surface area contributed by atoms with Gasteiger partial charge >= 0.3 is 5.97 Å². The van der Waals surface area contributed by atoms with Gasteiger partial charge in [-0.2, -0.15) is 0 Å². The predicted molar refractivity (Wildman–Crippen MR) is 68.6 cm³/mol. The summed E-state index contributed by atoms with van der Waals surface area (Å²) in [5.41, 5.74) is 0.450. The molecule has 2 unspecified atom stereocenters. The fraction of sp³-hybridized carbons (Fsp3) is 0.462. The number of ether oxygens (including phenoxy) is 1. The zero-order valence-electron chi connectivity index (χ0n) is 10.5. The van der Waals surface area contributed by atoms with E-state index in [1.54, 1.807) is 24.1 Å². The summed E-state index contributed by atoms with van der Waals surface area (Å²) in [5.74, 6) is -1.92. The summed E-state index contributed by atoms with van der Waals surface area (Å²) in [7, 11) is 1.76. The van der Waals surface area contributed by atoms with E-state index in [1.165, 1.54) is 6.07 Å². The van der Waals surface area contributed by atoms with Crippen LogP contribution in [0.25, 0.3) is 0 Å². The first kappa shape index (κ1) is 14.2. The lowest BCUT2D eigenvalue weighted by molar-refractivity contribution is -0.143. The van der Waals surface area contributed by atoms with Crippen LogP contribution in [0, 0.1) is 11.7 Å². The second-order valence-corrected chi connectivity index (χ2v) is 5.08. The van der Waals surface area contributed by atoms with Crippen molar-refractivity contribution in [2.45, 2.75) is 12.6 Å². The Kier molecular flexibility index (Phi) is 4.39. The number of rotatable bonds is 4. The van der Waals surface area contributed by atoms with Gasteiger partial charge in [0.15, 0.2) is 0 Å². The number of benzene rings is 1. The number of carboxylic acids is 1. The summed E-state index contributed by atoms with van der Waals surface area (Å²) >= 11 is 5.72. The zero-order valence-corrected chi connectivity index (χ0v) is 11.2. The average Bonchev–Trinajstić information content (AvgIpc) is 2.84. The molecule has 1 aliphatic heterocycles. The van der Waals surface area contributed by atoms with Gasteiger partial charge < -0.3 is 9.84 Å². The normalized spacial score (nSPS) is 22.9. The lowest BCUT2D eigenvalue weighted by Gasteiger charge is -2.26. The highest BCUT2D eigenvalue weighted by Crippen LogP contribution is 2.23. The Balaban J connectivity index is 2.10. The maximum absolute atomic E-state index is 13.8. The standard InChI is InChI=1S/C13H15ClFNO3/c1-16(11-7-19-6-9(11)13(17)18)5-8-3-2-4-10(14)12(8)15/h2-4,9,11H,5-7H2,1H3,(H,17,18). The molecule has 6 heteroatoms. The van der Waals surface area contributed by atoms with Gasteiger partial charge in [-0.3, -0.25) is 9.69 Å². The van der Waals surface area contributed by atoms with Crippen molar-refractivity contribution >= 4 is 17.6 Å². The van der Waals surface area contributed by atoms with E-state index in [2.05, 4.69) is 0 Å². The molecule has 1 fully saturated rings. The predicted octanol–water partition coefficient (Wildman–Crippen LogP) is 2.01. The number of hydrogen-bond donors (Lipinski definition) is 1. The number of hydrogen-bond acceptors (Lipinski definition) is 3. The SMILES string of the molecule is CN(Cc1cccc(Cl)c1F)C1COCC1C(=O)O. The third kappa shape index (κ3) is 3.05. The van der Waals surface area contributed by atoms with Crippen LogP contribution in [0.4, 0.5) is 4.39 Å². The van der Waals surface area contributed by atoms with Crippen LogP contribution >= 0.6 is 11.6 Å². The molecule has 1 aromatic carbocycles. The van der Waals surface area contributed by atoms with Crippen molar-refractivity contribution in [1.82, 2.24) is 4.90 Å². The van der Waals surface area contributed by atoms with Gasteiger partial charge in [0.25, 0.3) is 0 Å². The summed E-state index contributed by atoms with van der Waals surface area (Å²) in [6.45, 7) is 0.836. The van der Waals surface area contributed by atoms with Gasteiger partial charge in [-0.1, -0.05) is 23.7 Å². The minimum Gasteiger partial charge on any atom is -0.481 e. The molecule has 0 bridgehead atoms. The molecule has 1 saturated heterocycles. The monoisotopic (exact) mass is 287 g/mol. The third-order valence-electron chi connectivity index (χ3n) is 3.39. The quantitative estimate of drug-likeness (QED) is 0.920. The van der Waals surface area contributed by atoms with Crippen molar-refractivity contribution in [2.24, 2.45) is 5.92 Å². The highest BCUT2D eigenvalue weighted by Gasteiger charge is 2.36. The molecule has 104 valence electrons. The van der Waals surface area contributed by atoms with Crippen molar-refractivity contribution in [3.05, 3.63) is 34.6 Å². The topological polar surface area (TPSA) is 49.8 Å². The first-order chi connectivity index (χ1) is 9.00. The Morgan fingerprint density at radius 2 is 2.32 bits per heavy atom. The average molecular weight is 288 g/mol. The fourth-order valence-electron chi connectivity index (χ4n) is 2.27. The summed E-state index contributed by atoms with van der Waals surface area (Å²) in [4.78, 5) is 12.9. The van der Waals surface area contributed by atoms with E-state index < -0.39 is 17.7 Å². The number of halogens is 2. The lowest BCUT2D eigenvalue weighted by Crippen LogP contribution is -2.40. The molecule has 0 radical (unpaired) electrons. The zero-order chi connectivity index (χ0) is 14.0. The molecule has 1 N–H and O–H groups in total. The smallest absolute Gasteiger partial charge is 0.310 e. The third-order valence-corrected chi connectivity index (χ3v) is 3.68. The number of likely N-dealkylation sites (N-methyl/N-ethyl adjacent to an activating group) is 1. The Morgan fingerprint density at radius 3 is 3.00 bits per heavy atom. The summed E-state index contributed by atoms with van der Waals surface area (Å²) in [6.07, 6.45) is 0. The van der Waals surface area contributed by atoms with Crippen LogP contribution in [0.3, 0.4) is 0 Å². The molecular weight excluding hydrogens is 273 g/mol. The molecule has 0 aromatic heterocycles. The number of carbonyl (C=O) groups is 1. The van der Waals surface area contributed by atoms with Gasteiger partial charge in [0.1, 0.15) is 5.82 Å². The van der Waals surface area contributed by atoms with Gasteiger partial charge in [0.2, 0.25) is 0 Å². The van der Waals surface area contributed by atoms with Crippen molar-refractivity contribution in [2.75, 3.05) is 20.3 Å². The molecule has 2 rings (SSSR count). The van der Waals surface area contributed by atoms with Crippen LogP contribution in [0.5, 0.6) is 0 Å². The molecule has 0 spiro atoms. The van der Waals surface area contributed by atoms with E-state index in [0.29, 0.717) is 18.7 Å². The second kappa shape index (κ2) is 5.86. The van der Waals surface area contributed by atoms with Crippen LogP contribution in [0.1, 0.15) is 5.56 Å². The Bertz CT molecular complexity index is 483. The van der Waals surface area contributed by atoms with Gasteiger partial charge in [-0.05, 0) is 13.1 Å². The van der Waals surface area contributed by atoms with E-state index in [0.717, 1.165) is 0 Å². The molecule has 0 amide bonds. The Morgan fingerprint density at radius 1 is 1.58 bits per heavy atom. The van der Waals surface area contributed by atoms with Crippen molar-refractivity contribution < 1.29 is 19.0 Å². The van der Waals surface area contributed by atoms with Crippen LogP contribution in [-0.4, -0.2) is 42.3 Å². The largest absolute Gasteiger partial charge is 0.481 e. The maximum Gasteiger partial charge on any atom is 0.310 e. The van der Waals surface area contributed by atoms with Crippen LogP contribution in [0.15, 0.2) is 18.2 Å². The Labute approximate surface area is 115 Å². The number of nitrogens with zero attached hydrogens (tertiary/aromatic N) is 1. The van der Waals surface area contributed by atoms with Crippen LogP contribution < -0.4 is 0 Å². The Hall–Kier alpha value is -1.17. The minimum absolute atomic E-state index is 0.0726. The minimum atomic E-state index is -0.888. The van der Waals surface area contributed by atoms with E-state index in [4.69, 9.17) is 21.4 Å². The highest BCUT2D eigenvalue weighted by atomic mass is 35.5. The summed E-state index contributed by atoms with van der Waals surface area (Å²) in [5, 5.41) is 9.17. The number of aliphatic carboxylic acids is 1.